The van der Waals surface area contributed by atoms with Crippen molar-refractivity contribution >= 4 is 11.4 Å². The zero-order valence-corrected chi connectivity index (χ0v) is 8.35. The lowest BCUT2D eigenvalue weighted by Crippen LogP contribution is -1.97. The molecule has 1 aromatic rings. The van der Waals surface area contributed by atoms with Crippen LogP contribution in [0.5, 0.6) is 0 Å². The first-order chi connectivity index (χ1) is 6.02. The molecule has 0 aliphatic rings. The Kier molecular flexibility index (Phi) is 2.66. The van der Waals surface area contributed by atoms with Gasteiger partial charge in [-0.2, -0.15) is 0 Å². The molecule has 0 atom stereocenters. The highest BCUT2D eigenvalue weighted by Crippen LogP contribution is 2.19. The van der Waals surface area contributed by atoms with E-state index in [0.717, 1.165) is 16.7 Å². The highest BCUT2D eigenvalue weighted by atomic mass is 16.1. The Bertz CT molecular complexity index is 361. The number of carbonyl (C=O) groups is 1. The summed E-state index contributed by atoms with van der Waals surface area (Å²) in [7, 11) is 0. The first-order valence-electron chi connectivity index (χ1n) is 4.30. The van der Waals surface area contributed by atoms with E-state index in [0.29, 0.717) is 5.57 Å². The van der Waals surface area contributed by atoms with Gasteiger partial charge < -0.3 is 0 Å². The summed E-state index contributed by atoms with van der Waals surface area (Å²) in [6, 6.07) is 6.05. The van der Waals surface area contributed by atoms with Gasteiger partial charge in [0.1, 0.15) is 0 Å². The van der Waals surface area contributed by atoms with E-state index in [9.17, 15) is 4.79 Å². The molecule has 0 aliphatic heterocycles. The fourth-order valence-corrected chi connectivity index (χ4v) is 1.25. The van der Waals surface area contributed by atoms with Crippen molar-refractivity contribution in [3.63, 3.8) is 0 Å². The van der Waals surface area contributed by atoms with Crippen molar-refractivity contribution in [2.75, 3.05) is 0 Å². The molecule has 68 valence electrons. The van der Waals surface area contributed by atoms with Crippen molar-refractivity contribution in [1.82, 2.24) is 0 Å². The largest absolute Gasteiger partial charge is 0.295 e. The van der Waals surface area contributed by atoms with E-state index in [2.05, 4.69) is 6.58 Å². The molecule has 1 aromatic carbocycles. The van der Waals surface area contributed by atoms with Crippen LogP contribution in [0.2, 0.25) is 0 Å². The molecule has 0 spiro atoms. The smallest absolute Gasteiger partial charge is 0.159 e. The second-order valence-corrected chi connectivity index (χ2v) is 3.35. The number of ketones is 1. The number of benzene rings is 1. The molecule has 1 heteroatoms. The van der Waals surface area contributed by atoms with Gasteiger partial charge in [-0.25, -0.2) is 0 Å². The van der Waals surface area contributed by atoms with Crippen LogP contribution in [0.3, 0.4) is 0 Å². The number of rotatable bonds is 2. The average molecular weight is 174 g/mol. The minimum atomic E-state index is 0.0358. The summed E-state index contributed by atoms with van der Waals surface area (Å²) in [4.78, 5) is 11.1. The van der Waals surface area contributed by atoms with Gasteiger partial charge >= 0.3 is 0 Å². The van der Waals surface area contributed by atoms with Gasteiger partial charge in [0.05, 0.1) is 0 Å². The molecule has 1 nitrogen and oxygen atoms in total. The molecule has 13 heavy (non-hydrogen) atoms. The maximum absolute atomic E-state index is 11.1. The average Bonchev–Trinajstić information content (AvgIpc) is 2.08. The van der Waals surface area contributed by atoms with Crippen molar-refractivity contribution in [2.45, 2.75) is 20.8 Å². The maximum Gasteiger partial charge on any atom is 0.159 e. The van der Waals surface area contributed by atoms with Crippen molar-refractivity contribution in [1.29, 1.82) is 0 Å². The Morgan fingerprint density at radius 1 is 1.31 bits per heavy atom. The van der Waals surface area contributed by atoms with Crippen molar-refractivity contribution in [3.8, 4) is 0 Å². The first kappa shape index (κ1) is 9.72. The highest BCUT2D eigenvalue weighted by Gasteiger charge is 2.06. The van der Waals surface area contributed by atoms with Gasteiger partial charge in [-0.05, 0) is 31.9 Å². The first-order valence-corrected chi connectivity index (χ1v) is 4.30. The Hall–Kier alpha value is -1.37. The third-order valence-electron chi connectivity index (χ3n) is 2.14. The van der Waals surface area contributed by atoms with Crippen LogP contribution < -0.4 is 0 Å². The predicted molar refractivity (Wildman–Crippen MR) is 55.6 cm³/mol. The summed E-state index contributed by atoms with van der Waals surface area (Å²) in [6.45, 7) is 9.32. The Morgan fingerprint density at radius 2 is 1.92 bits per heavy atom. The quantitative estimate of drug-likeness (QED) is 0.630. The molecule has 0 unspecified atom stereocenters. The van der Waals surface area contributed by atoms with Crippen LogP contribution in [0, 0.1) is 13.8 Å². The molecule has 0 saturated heterocycles. The fourth-order valence-electron chi connectivity index (χ4n) is 1.25. The Balaban J connectivity index is 3.21. The monoisotopic (exact) mass is 174 g/mol. The van der Waals surface area contributed by atoms with Gasteiger partial charge in [0.2, 0.25) is 0 Å². The summed E-state index contributed by atoms with van der Waals surface area (Å²) in [5.74, 6) is 0.0358. The van der Waals surface area contributed by atoms with Gasteiger partial charge in [0, 0.05) is 5.57 Å². The van der Waals surface area contributed by atoms with Crippen LogP contribution in [0.4, 0.5) is 0 Å². The zero-order valence-electron chi connectivity index (χ0n) is 8.35. The molecule has 0 aliphatic carbocycles. The van der Waals surface area contributed by atoms with Crippen LogP contribution in [0.1, 0.15) is 23.6 Å². The molecule has 0 bridgehead atoms. The van der Waals surface area contributed by atoms with Gasteiger partial charge in [0.15, 0.2) is 5.78 Å². The summed E-state index contributed by atoms with van der Waals surface area (Å²) < 4.78 is 0. The lowest BCUT2D eigenvalue weighted by molar-refractivity contribution is -0.111. The maximum atomic E-state index is 11.1. The third kappa shape index (κ3) is 2.05. The molecule has 0 radical (unpaired) electrons. The fraction of sp³-hybridized carbons (Fsp3) is 0.250. The van der Waals surface area contributed by atoms with Gasteiger partial charge in [-0.1, -0.05) is 30.3 Å². The molecule has 0 aromatic heterocycles. The number of Topliss-reactive ketones (excluding diaryl/α,β-unsaturated/α-hetero) is 1. The van der Waals surface area contributed by atoms with E-state index in [-0.39, 0.29) is 5.78 Å². The van der Waals surface area contributed by atoms with Gasteiger partial charge in [-0.15, -0.1) is 0 Å². The number of aryl methyl sites for hydroxylation is 2. The van der Waals surface area contributed by atoms with Crippen LogP contribution in [-0.4, -0.2) is 5.78 Å². The zero-order chi connectivity index (χ0) is 10.0. The van der Waals surface area contributed by atoms with Crippen LogP contribution in [0.15, 0.2) is 24.8 Å². The SMILES string of the molecule is C=C(C(C)=O)c1cc(C)ccc1C. The Morgan fingerprint density at radius 3 is 2.46 bits per heavy atom. The molecule has 1 rings (SSSR count). The normalized spacial score (nSPS) is 9.77. The molecule has 0 N–H and O–H groups in total. The molecular weight excluding hydrogens is 160 g/mol. The van der Waals surface area contributed by atoms with Crippen molar-refractivity contribution in [3.05, 3.63) is 41.5 Å². The predicted octanol–water partition coefficient (Wildman–Crippen LogP) is 2.91. The van der Waals surface area contributed by atoms with Crippen LogP contribution >= 0.6 is 0 Å². The second kappa shape index (κ2) is 3.56. The molecule has 0 heterocycles. The molecule has 0 amide bonds. The number of carbonyl (C=O) groups excluding carboxylic acids is 1. The number of hydrogen-bond acceptors (Lipinski definition) is 1. The Labute approximate surface area is 79.1 Å². The number of hydrogen-bond donors (Lipinski definition) is 0. The molecule has 0 saturated carbocycles. The molecular formula is C12H14O. The molecule has 0 fully saturated rings. The topological polar surface area (TPSA) is 17.1 Å². The minimum absolute atomic E-state index is 0.0358. The van der Waals surface area contributed by atoms with E-state index >= 15 is 0 Å². The van der Waals surface area contributed by atoms with E-state index in [1.54, 1.807) is 6.92 Å². The van der Waals surface area contributed by atoms with E-state index in [1.807, 2.05) is 32.0 Å². The second-order valence-electron chi connectivity index (χ2n) is 3.35. The van der Waals surface area contributed by atoms with Gasteiger partial charge in [-0.3, -0.25) is 4.79 Å². The summed E-state index contributed by atoms with van der Waals surface area (Å²) in [5, 5.41) is 0. The third-order valence-corrected chi connectivity index (χ3v) is 2.14. The van der Waals surface area contributed by atoms with Crippen LogP contribution in [0.25, 0.3) is 5.57 Å². The van der Waals surface area contributed by atoms with E-state index in [4.69, 9.17) is 0 Å². The standard InChI is InChI=1S/C12H14O/c1-8-5-6-9(2)12(7-8)10(3)11(4)13/h5-7H,3H2,1-2,4H3. The number of allylic oxidation sites excluding steroid dienone is 1. The van der Waals surface area contributed by atoms with E-state index < -0.39 is 0 Å². The van der Waals surface area contributed by atoms with Crippen molar-refractivity contribution < 1.29 is 4.79 Å². The summed E-state index contributed by atoms with van der Waals surface area (Å²) in [6.07, 6.45) is 0. The minimum Gasteiger partial charge on any atom is -0.295 e. The van der Waals surface area contributed by atoms with Crippen molar-refractivity contribution in [2.24, 2.45) is 0 Å². The van der Waals surface area contributed by atoms with Crippen LogP contribution in [-0.2, 0) is 4.79 Å². The summed E-state index contributed by atoms with van der Waals surface area (Å²) >= 11 is 0. The van der Waals surface area contributed by atoms with Gasteiger partial charge in [0.25, 0.3) is 0 Å². The van der Waals surface area contributed by atoms with E-state index in [1.165, 1.54) is 0 Å². The lowest BCUT2D eigenvalue weighted by atomic mass is 9.97. The summed E-state index contributed by atoms with van der Waals surface area (Å²) in [5.41, 5.74) is 3.82. The lowest BCUT2D eigenvalue weighted by Gasteiger charge is -2.06. The highest BCUT2D eigenvalue weighted by molar-refractivity contribution is 6.19.